The average molecular weight is 278 g/mol. The number of rotatable bonds is 7. The Labute approximate surface area is 119 Å². The molecule has 20 heavy (non-hydrogen) atoms. The van der Waals surface area contributed by atoms with Gasteiger partial charge in [0.05, 0.1) is 6.10 Å². The first-order valence-corrected chi connectivity index (χ1v) is 6.72. The molecule has 0 saturated heterocycles. The molecule has 0 atom stereocenters. The third-order valence-electron chi connectivity index (χ3n) is 2.59. The number of ether oxygens (including phenoxy) is 1. The number of amides is 2. The SMILES string of the molecule is Cc1ccc(C(=O)NCCNC(=O)COC(C)C)cc1. The quantitative estimate of drug-likeness (QED) is 0.738. The van der Waals surface area contributed by atoms with Gasteiger partial charge in [0.1, 0.15) is 6.61 Å². The van der Waals surface area contributed by atoms with Crippen LogP contribution < -0.4 is 10.6 Å². The van der Waals surface area contributed by atoms with Crippen LogP contribution in [0.4, 0.5) is 0 Å². The Morgan fingerprint density at radius 2 is 1.70 bits per heavy atom. The predicted molar refractivity (Wildman–Crippen MR) is 77.6 cm³/mol. The molecule has 0 heterocycles. The Balaban J connectivity index is 2.19. The van der Waals surface area contributed by atoms with E-state index in [4.69, 9.17) is 4.74 Å². The van der Waals surface area contributed by atoms with Gasteiger partial charge in [-0.05, 0) is 32.9 Å². The van der Waals surface area contributed by atoms with Gasteiger partial charge in [0.2, 0.25) is 5.91 Å². The van der Waals surface area contributed by atoms with Gasteiger partial charge in [-0.3, -0.25) is 9.59 Å². The van der Waals surface area contributed by atoms with Crippen molar-refractivity contribution in [3.63, 3.8) is 0 Å². The fraction of sp³-hybridized carbons (Fsp3) is 0.467. The van der Waals surface area contributed by atoms with Crippen LogP contribution in [-0.4, -0.2) is 37.6 Å². The van der Waals surface area contributed by atoms with Gasteiger partial charge in [-0.1, -0.05) is 17.7 Å². The number of hydrogen-bond acceptors (Lipinski definition) is 3. The van der Waals surface area contributed by atoms with E-state index in [1.54, 1.807) is 12.1 Å². The topological polar surface area (TPSA) is 67.4 Å². The van der Waals surface area contributed by atoms with Gasteiger partial charge in [0.15, 0.2) is 0 Å². The second-order valence-corrected chi connectivity index (χ2v) is 4.83. The summed E-state index contributed by atoms with van der Waals surface area (Å²) in [6.45, 7) is 6.53. The van der Waals surface area contributed by atoms with E-state index in [1.165, 1.54) is 0 Å². The number of benzene rings is 1. The van der Waals surface area contributed by atoms with Crippen LogP contribution in [0.1, 0.15) is 29.8 Å². The van der Waals surface area contributed by atoms with Crippen LogP contribution in [-0.2, 0) is 9.53 Å². The molecule has 0 saturated carbocycles. The Morgan fingerprint density at radius 1 is 1.10 bits per heavy atom. The van der Waals surface area contributed by atoms with E-state index < -0.39 is 0 Å². The van der Waals surface area contributed by atoms with Crippen molar-refractivity contribution in [3.05, 3.63) is 35.4 Å². The van der Waals surface area contributed by atoms with Crippen LogP contribution in [0.15, 0.2) is 24.3 Å². The van der Waals surface area contributed by atoms with Crippen molar-refractivity contribution < 1.29 is 14.3 Å². The molecule has 5 heteroatoms. The third kappa shape index (κ3) is 6.33. The molecule has 0 fully saturated rings. The summed E-state index contributed by atoms with van der Waals surface area (Å²) >= 11 is 0. The van der Waals surface area contributed by atoms with Crippen LogP contribution in [0.25, 0.3) is 0 Å². The monoisotopic (exact) mass is 278 g/mol. The lowest BCUT2D eigenvalue weighted by Gasteiger charge is -2.09. The van der Waals surface area contributed by atoms with Crippen LogP contribution in [0.3, 0.4) is 0 Å². The molecule has 2 amide bonds. The van der Waals surface area contributed by atoms with Gasteiger partial charge in [0, 0.05) is 18.7 Å². The van der Waals surface area contributed by atoms with Gasteiger partial charge >= 0.3 is 0 Å². The maximum atomic E-state index is 11.8. The van der Waals surface area contributed by atoms with Gasteiger partial charge in [-0.2, -0.15) is 0 Å². The Bertz CT molecular complexity index is 441. The first-order valence-electron chi connectivity index (χ1n) is 6.72. The maximum absolute atomic E-state index is 11.8. The second-order valence-electron chi connectivity index (χ2n) is 4.83. The number of carbonyl (C=O) groups is 2. The predicted octanol–water partition coefficient (Wildman–Crippen LogP) is 1.27. The van der Waals surface area contributed by atoms with Gasteiger partial charge in [-0.25, -0.2) is 0 Å². The summed E-state index contributed by atoms with van der Waals surface area (Å²) in [5.41, 5.74) is 1.73. The van der Waals surface area contributed by atoms with Crippen LogP contribution >= 0.6 is 0 Å². The van der Waals surface area contributed by atoms with Crippen molar-refractivity contribution in [1.29, 1.82) is 0 Å². The zero-order valence-corrected chi connectivity index (χ0v) is 12.2. The number of hydrogen-bond donors (Lipinski definition) is 2. The minimum atomic E-state index is -0.178. The first-order chi connectivity index (χ1) is 9.49. The molecule has 1 aromatic rings. The Morgan fingerprint density at radius 3 is 2.30 bits per heavy atom. The Kier molecular flexibility index (Phi) is 6.73. The van der Waals surface area contributed by atoms with Gasteiger partial charge in [0.25, 0.3) is 5.91 Å². The van der Waals surface area contributed by atoms with E-state index in [2.05, 4.69) is 10.6 Å². The minimum Gasteiger partial charge on any atom is -0.369 e. The summed E-state index contributed by atoms with van der Waals surface area (Å²) in [5, 5.41) is 5.42. The van der Waals surface area contributed by atoms with Crippen LogP contribution in [0.5, 0.6) is 0 Å². The van der Waals surface area contributed by atoms with Crippen LogP contribution in [0, 0.1) is 6.92 Å². The maximum Gasteiger partial charge on any atom is 0.251 e. The van der Waals surface area contributed by atoms with Crippen molar-refractivity contribution in [2.24, 2.45) is 0 Å². The van der Waals surface area contributed by atoms with E-state index in [1.807, 2.05) is 32.9 Å². The highest BCUT2D eigenvalue weighted by atomic mass is 16.5. The molecule has 0 aliphatic carbocycles. The van der Waals surface area contributed by atoms with Gasteiger partial charge < -0.3 is 15.4 Å². The molecule has 0 aromatic heterocycles. The summed E-state index contributed by atoms with van der Waals surface area (Å²) in [6, 6.07) is 7.33. The lowest BCUT2D eigenvalue weighted by atomic mass is 10.1. The standard InChI is InChI=1S/C15H22N2O3/c1-11(2)20-10-14(18)16-8-9-17-15(19)13-6-4-12(3)5-7-13/h4-7,11H,8-10H2,1-3H3,(H,16,18)(H,17,19). The summed E-state index contributed by atoms with van der Waals surface area (Å²) in [4.78, 5) is 23.1. The molecule has 0 radical (unpaired) electrons. The van der Waals surface area contributed by atoms with Crippen molar-refractivity contribution in [3.8, 4) is 0 Å². The fourth-order valence-electron chi connectivity index (χ4n) is 1.48. The highest BCUT2D eigenvalue weighted by Gasteiger charge is 2.05. The number of aryl methyl sites for hydroxylation is 1. The van der Waals surface area contributed by atoms with Crippen LogP contribution in [0.2, 0.25) is 0 Å². The summed E-state index contributed by atoms with van der Waals surface area (Å²) in [7, 11) is 0. The van der Waals surface area contributed by atoms with E-state index in [0.717, 1.165) is 5.56 Å². The molecule has 0 unspecified atom stereocenters. The molecule has 1 rings (SSSR count). The molecule has 1 aromatic carbocycles. The van der Waals surface area contributed by atoms with E-state index in [0.29, 0.717) is 18.7 Å². The average Bonchev–Trinajstić information content (AvgIpc) is 2.42. The summed E-state index contributed by atoms with van der Waals surface area (Å²) < 4.78 is 5.16. The number of carbonyl (C=O) groups excluding carboxylic acids is 2. The Hall–Kier alpha value is -1.88. The van der Waals surface area contributed by atoms with E-state index >= 15 is 0 Å². The van der Waals surface area contributed by atoms with Crippen molar-refractivity contribution in [1.82, 2.24) is 10.6 Å². The molecule has 0 aliphatic rings. The zero-order valence-electron chi connectivity index (χ0n) is 12.2. The van der Waals surface area contributed by atoms with Crippen molar-refractivity contribution in [2.75, 3.05) is 19.7 Å². The largest absolute Gasteiger partial charge is 0.369 e. The molecule has 2 N–H and O–H groups in total. The third-order valence-corrected chi connectivity index (χ3v) is 2.59. The molecular formula is C15H22N2O3. The van der Waals surface area contributed by atoms with Gasteiger partial charge in [-0.15, -0.1) is 0 Å². The molecule has 0 bridgehead atoms. The van der Waals surface area contributed by atoms with Crippen molar-refractivity contribution >= 4 is 11.8 Å². The highest BCUT2D eigenvalue weighted by molar-refractivity contribution is 5.94. The van der Waals surface area contributed by atoms with Crippen molar-refractivity contribution in [2.45, 2.75) is 26.9 Å². The molecule has 0 aliphatic heterocycles. The second kappa shape index (κ2) is 8.32. The fourth-order valence-corrected chi connectivity index (χ4v) is 1.48. The lowest BCUT2D eigenvalue weighted by Crippen LogP contribution is -2.36. The molecule has 5 nitrogen and oxygen atoms in total. The summed E-state index contributed by atoms with van der Waals surface area (Å²) in [6.07, 6.45) is 0.0296. The first kappa shape index (κ1) is 16.2. The zero-order chi connectivity index (χ0) is 15.0. The smallest absolute Gasteiger partial charge is 0.251 e. The summed E-state index contributed by atoms with van der Waals surface area (Å²) in [5.74, 6) is -0.319. The molecular weight excluding hydrogens is 256 g/mol. The normalized spacial score (nSPS) is 10.4. The lowest BCUT2D eigenvalue weighted by molar-refractivity contribution is -0.127. The highest BCUT2D eigenvalue weighted by Crippen LogP contribution is 2.02. The number of nitrogens with one attached hydrogen (secondary N) is 2. The molecule has 110 valence electrons. The molecule has 0 spiro atoms. The van der Waals surface area contributed by atoms with E-state index in [-0.39, 0.29) is 24.5 Å². The van der Waals surface area contributed by atoms with E-state index in [9.17, 15) is 9.59 Å². The minimum absolute atomic E-state index is 0.0296.